The van der Waals surface area contributed by atoms with E-state index in [2.05, 4.69) is 37.6 Å². The summed E-state index contributed by atoms with van der Waals surface area (Å²) in [6.07, 6.45) is 1.76. The number of methoxy groups -OCH3 is 1. The molecule has 10 nitrogen and oxygen atoms in total. The van der Waals surface area contributed by atoms with Crippen LogP contribution in [0.4, 0.5) is 33.6 Å². The van der Waals surface area contributed by atoms with E-state index in [0.717, 1.165) is 49.2 Å². The van der Waals surface area contributed by atoms with Gasteiger partial charge in [-0.1, -0.05) is 0 Å². The molecule has 2 aliphatic heterocycles. The van der Waals surface area contributed by atoms with Gasteiger partial charge in [0.05, 0.1) is 20.3 Å². The zero-order valence-corrected chi connectivity index (χ0v) is 20.4. The second kappa shape index (κ2) is 11.1. The first-order valence-corrected chi connectivity index (χ1v) is 12.2. The van der Waals surface area contributed by atoms with Gasteiger partial charge in [0, 0.05) is 62.5 Å². The highest BCUT2D eigenvalue weighted by Gasteiger charge is 2.22. The van der Waals surface area contributed by atoms with Crippen molar-refractivity contribution in [3.05, 3.63) is 60.8 Å². The van der Waals surface area contributed by atoms with Gasteiger partial charge in [0.1, 0.15) is 11.6 Å². The topological polar surface area (TPSA) is 95.1 Å². The molecule has 3 aromatic rings. The molecule has 0 radical (unpaired) electrons. The quantitative estimate of drug-likeness (QED) is 0.544. The van der Waals surface area contributed by atoms with Crippen LogP contribution in [0.2, 0.25) is 0 Å². The number of hydrogen-bond acceptors (Lipinski definition) is 8. The summed E-state index contributed by atoms with van der Waals surface area (Å²) in [5.41, 5.74) is 2.87. The molecule has 2 aliphatic rings. The summed E-state index contributed by atoms with van der Waals surface area (Å²) in [6, 6.07) is 17.4. The van der Waals surface area contributed by atoms with E-state index in [1.54, 1.807) is 13.3 Å². The molecule has 2 amide bonds. The maximum absolute atomic E-state index is 12.7. The van der Waals surface area contributed by atoms with Crippen LogP contribution in [0.3, 0.4) is 0 Å². The van der Waals surface area contributed by atoms with Crippen molar-refractivity contribution in [2.75, 3.05) is 80.0 Å². The Morgan fingerprint density at radius 1 is 0.861 bits per heavy atom. The van der Waals surface area contributed by atoms with Crippen molar-refractivity contribution in [1.82, 2.24) is 14.9 Å². The number of nitrogens with one attached hydrogen (secondary N) is 2. The van der Waals surface area contributed by atoms with Gasteiger partial charge in [0.2, 0.25) is 5.95 Å². The molecule has 2 saturated heterocycles. The lowest BCUT2D eigenvalue weighted by molar-refractivity contribution is 0.122. The molecule has 2 fully saturated rings. The summed E-state index contributed by atoms with van der Waals surface area (Å²) in [7, 11) is 1.62. The van der Waals surface area contributed by atoms with Crippen molar-refractivity contribution in [2.24, 2.45) is 0 Å². The van der Waals surface area contributed by atoms with Gasteiger partial charge in [-0.25, -0.2) is 9.78 Å². The number of carbonyl (C=O) groups is 1. The minimum atomic E-state index is -0.106. The molecule has 188 valence electrons. The van der Waals surface area contributed by atoms with E-state index in [1.807, 2.05) is 47.4 Å². The SMILES string of the molecule is COc1ccc(NC(=O)N2CCN(c3ccnc(Nc4ccc(N5CCOCC5)cc4)n3)CC2)cc1. The monoisotopic (exact) mass is 489 g/mol. The average Bonchev–Trinajstić information content (AvgIpc) is 2.94. The summed E-state index contributed by atoms with van der Waals surface area (Å²) in [4.78, 5) is 28.1. The molecule has 2 aromatic carbocycles. The van der Waals surface area contributed by atoms with Crippen LogP contribution in [0.25, 0.3) is 0 Å². The van der Waals surface area contributed by atoms with E-state index < -0.39 is 0 Å². The van der Waals surface area contributed by atoms with Crippen molar-refractivity contribution in [2.45, 2.75) is 0 Å². The molecular weight excluding hydrogens is 458 g/mol. The van der Waals surface area contributed by atoms with Gasteiger partial charge >= 0.3 is 6.03 Å². The third-order valence-corrected chi connectivity index (χ3v) is 6.37. The number of morpholine rings is 1. The Kier molecular flexibility index (Phi) is 7.32. The van der Waals surface area contributed by atoms with E-state index in [-0.39, 0.29) is 6.03 Å². The molecule has 0 aliphatic carbocycles. The minimum absolute atomic E-state index is 0.106. The van der Waals surface area contributed by atoms with Crippen LogP contribution in [0, 0.1) is 0 Å². The first-order chi connectivity index (χ1) is 17.7. The Labute approximate surface area is 210 Å². The molecule has 0 spiro atoms. The van der Waals surface area contributed by atoms with E-state index in [4.69, 9.17) is 14.5 Å². The molecule has 0 bridgehead atoms. The number of ether oxygens (including phenoxy) is 2. The minimum Gasteiger partial charge on any atom is -0.497 e. The summed E-state index contributed by atoms with van der Waals surface area (Å²) in [5.74, 6) is 2.14. The van der Waals surface area contributed by atoms with Crippen molar-refractivity contribution in [1.29, 1.82) is 0 Å². The van der Waals surface area contributed by atoms with E-state index in [9.17, 15) is 4.79 Å². The van der Waals surface area contributed by atoms with Gasteiger partial charge in [-0.05, 0) is 54.6 Å². The van der Waals surface area contributed by atoms with Crippen molar-refractivity contribution in [3.8, 4) is 5.75 Å². The number of anilines is 5. The summed E-state index contributed by atoms with van der Waals surface area (Å²) < 4.78 is 10.6. The number of hydrogen-bond donors (Lipinski definition) is 2. The molecule has 0 atom stereocenters. The number of piperazine rings is 1. The standard InChI is InChI=1S/C26H31N7O3/c1-35-23-8-4-21(5-9-23)29-26(34)33-14-12-32(13-15-33)24-10-11-27-25(30-24)28-20-2-6-22(7-3-20)31-16-18-36-19-17-31/h2-11H,12-19H2,1H3,(H,29,34)(H,27,28,30). The second-order valence-electron chi connectivity index (χ2n) is 8.64. The Balaban J connectivity index is 1.14. The number of rotatable bonds is 6. The largest absolute Gasteiger partial charge is 0.497 e. The number of benzene rings is 2. The summed E-state index contributed by atoms with van der Waals surface area (Å²) in [6.45, 7) is 5.96. The van der Waals surface area contributed by atoms with E-state index >= 15 is 0 Å². The van der Waals surface area contributed by atoms with Crippen LogP contribution in [-0.2, 0) is 4.74 Å². The van der Waals surface area contributed by atoms with Crippen molar-refractivity contribution < 1.29 is 14.3 Å². The highest BCUT2D eigenvalue weighted by Crippen LogP contribution is 2.22. The third-order valence-electron chi connectivity index (χ3n) is 6.37. The van der Waals surface area contributed by atoms with Crippen LogP contribution < -0.4 is 25.2 Å². The maximum atomic E-state index is 12.7. The van der Waals surface area contributed by atoms with Gasteiger partial charge < -0.3 is 34.8 Å². The highest BCUT2D eigenvalue weighted by molar-refractivity contribution is 5.89. The Hall–Kier alpha value is -4.05. The lowest BCUT2D eigenvalue weighted by Gasteiger charge is -2.35. The zero-order chi connectivity index (χ0) is 24.7. The molecule has 10 heteroatoms. The van der Waals surface area contributed by atoms with E-state index in [1.165, 1.54) is 5.69 Å². The predicted molar refractivity (Wildman–Crippen MR) is 141 cm³/mol. The van der Waals surface area contributed by atoms with E-state index in [0.29, 0.717) is 32.1 Å². The second-order valence-corrected chi connectivity index (χ2v) is 8.64. The number of aromatic nitrogens is 2. The molecular formula is C26H31N7O3. The third kappa shape index (κ3) is 5.77. The Bertz CT molecular complexity index is 1140. The number of amides is 2. The zero-order valence-electron chi connectivity index (χ0n) is 20.4. The van der Waals surface area contributed by atoms with Gasteiger partial charge in [-0.15, -0.1) is 0 Å². The average molecular weight is 490 g/mol. The van der Waals surface area contributed by atoms with Crippen LogP contribution in [-0.4, -0.2) is 80.5 Å². The normalized spacial score (nSPS) is 16.0. The van der Waals surface area contributed by atoms with Gasteiger partial charge in [0.25, 0.3) is 0 Å². The molecule has 0 unspecified atom stereocenters. The number of carbonyl (C=O) groups excluding carboxylic acids is 1. The van der Waals surface area contributed by atoms with Crippen LogP contribution in [0.5, 0.6) is 5.75 Å². The van der Waals surface area contributed by atoms with Crippen molar-refractivity contribution >= 4 is 34.9 Å². The highest BCUT2D eigenvalue weighted by atomic mass is 16.5. The van der Waals surface area contributed by atoms with Crippen molar-refractivity contribution in [3.63, 3.8) is 0 Å². The fourth-order valence-electron chi connectivity index (χ4n) is 4.31. The first kappa shape index (κ1) is 23.7. The lowest BCUT2D eigenvalue weighted by Crippen LogP contribution is -2.50. The Morgan fingerprint density at radius 3 is 2.25 bits per heavy atom. The fourth-order valence-corrected chi connectivity index (χ4v) is 4.31. The predicted octanol–water partition coefficient (Wildman–Crippen LogP) is 3.42. The molecule has 1 aromatic heterocycles. The smallest absolute Gasteiger partial charge is 0.321 e. The summed E-state index contributed by atoms with van der Waals surface area (Å²) >= 11 is 0. The number of urea groups is 1. The Morgan fingerprint density at radius 2 is 1.56 bits per heavy atom. The van der Waals surface area contributed by atoms with Gasteiger partial charge in [0.15, 0.2) is 0 Å². The van der Waals surface area contributed by atoms with Gasteiger partial charge in [-0.2, -0.15) is 4.98 Å². The molecule has 36 heavy (non-hydrogen) atoms. The molecule has 3 heterocycles. The molecule has 0 saturated carbocycles. The van der Waals surface area contributed by atoms with Crippen LogP contribution >= 0.6 is 0 Å². The van der Waals surface area contributed by atoms with Crippen LogP contribution in [0.1, 0.15) is 0 Å². The first-order valence-electron chi connectivity index (χ1n) is 12.2. The maximum Gasteiger partial charge on any atom is 0.321 e. The summed E-state index contributed by atoms with van der Waals surface area (Å²) in [5, 5.41) is 6.25. The molecule has 2 N–H and O–H groups in total. The lowest BCUT2D eigenvalue weighted by atomic mass is 10.2. The molecule has 5 rings (SSSR count). The van der Waals surface area contributed by atoms with Crippen LogP contribution in [0.15, 0.2) is 60.8 Å². The number of nitrogens with zero attached hydrogens (tertiary/aromatic N) is 5. The van der Waals surface area contributed by atoms with Gasteiger partial charge in [-0.3, -0.25) is 0 Å². The fraction of sp³-hybridized carbons (Fsp3) is 0.346.